The van der Waals surface area contributed by atoms with E-state index >= 15 is 0 Å². The average molecular weight is 262 g/mol. The fourth-order valence-electron chi connectivity index (χ4n) is 2.43. The number of imidazole rings is 1. The fraction of sp³-hybridized carbons (Fsp3) is 0.125. The zero-order valence-corrected chi connectivity index (χ0v) is 11.2. The number of rotatable bonds is 2. The maximum atomic E-state index is 8.71. The Morgan fingerprint density at radius 1 is 1.20 bits per heavy atom. The lowest BCUT2D eigenvalue weighted by Crippen LogP contribution is -2.01. The fourth-order valence-corrected chi connectivity index (χ4v) is 2.43. The Morgan fingerprint density at radius 3 is 2.65 bits per heavy atom. The van der Waals surface area contributed by atoms with Crippen molar-refractivity contribution >= 4 is 17.0 Å². The average Bonchev–Trinajstić information content (AvgIpc) is 2.78. The first-order valence-electron chi connectivity index (χ1n) is 6.40. The number of benzene rings is 2. The lowest BCUT2D eigenvalue weighted by molar-refractivity contribution is 1.10. The lowest BCUT2D eigenvalue weighted by atomic mass is 10.1. The first kappa shape index (κ1) is 12.2. The van der Waals surface area contributed by atoms with Crippen LogP contribution in [0.5, 0.6) is 0 Å². The van der Waals surface area contributed by atoms with Gasteiger partial charge >= 0.3 is 0 Å². The van der Waals surface area contributed by atoms with E-state index in [1.54, 1.807) is 0 Å². The van der Waals surface area contributed by atoms with E-state index in [0.717, 1.165) is 27.8 Å². The highest BCUT2D eigenvalue weighted by atomic mass is 15.2. The van der Waals surface area contributed by atoms with Crippen LogP contribution in [0, 0.1) is 18.3 Å². The number of aryl methyl sites for hydroxylation is 1. The van der Waals surface area contributed by atoms with Crippen LogP contribution in [0.15, 0.2) is 42.5 Å². The SMILES string of the molecule is Cc1cccc2nc(N)n(-c3ccc(CC#N)cc3)c12. The smallest absolute Gasteiger partial charge is 0.205 e. The van der Waals surface area contributed by atoms with Crippen molar-refractivity contribution in [2.75, 3.05) is 5.73 Å². The van der Waals surface area contributed by atoms with E-state index in [-0.39, 0.29) is 0 Å². The number of hydrogen-bond donors (Lipinski definition) is 1. The molecule has 0 atom stereocenters. The Labute approximate surface area is 117 Å². The molecule has 0 radical (unpaired) electrons. The third-order valence-corrected chi connectivity index (χ3v) is 3.38. The van der Waals surface area contributed by atoms with Gasteiger partial charge in [-0.05, 0) is 36.2 Å². The molecule has 0 amide bonds. The van der Waals surface area contributed by atoms with Gasteiger partial charge in [0.25, 0.3) is 0 Å². The largest absolute Gasteiger partial charge is 0.369 e. The Balaban J connectivity index is 2.19. The summed E-state index contributed by atoms with van der Waals surface area (Å²) in [5.74, 6) is 0.474. The molecule has 1 aromatic heterocycles. The number of para-hydroxylation sites is 1. The number of aromatic nitrogens is 2. The molecule has 0 unspecified atom stereocenters. The van der Waals surface area contributed by atoms with Gasteiger partial charge in [-0.25, -0.2) is 4.98 Å². The van der Waals surface area contributed by atoms with Gasteiger partial charge in [-0.3, -0.25) is 4.57 Å². The molecule has 20 heavy (non-hydrogen) atoms. The number of anilines is 1. The van der Waals surface area contributed by atoms with Gasteiger partial charge in [-0.1, -0.05) is 24.3 Å². The predicted molar refractivity (Wildman–Crippen MR) is 79.5 cm³/mol. The number of hydrogen-bond acceptors (Lipinski definition) is 3. The van der Waals surface area contributed by atoms with Gasteiger partial charge < -0.3 is 5.73 Å². The topological polar surface area (TPSA) is 67.6 Å². The molecule has 0 fully saturated rings. The van der Waals surface area contributed by atoms with Crippen LogP contribution in [0.1, 0.15) is 11.1 Å². The summed E-state index contributed by atoms with van der Waals surface area (Å²) in [5, 5.41) is 8.71. The molecule has 0 saturated carbocycles. The lowest BCUT2D eigenvalue weighted by Gasteiger charge is -2.08. The van der Waals surface area contributed by atoms with E-state index in [9.17, 15) is 0 Å². The zero-order chi connectivity index (χ0) is 14.1. The molecule has 2 aromatic carbocycles. The number of nitrogens with zero attached hydrogens (tertiary/aromatic N) is 3. The van der Waals surface area contributed by atoms with Crippen molar-refractivity contribution in [2.24, 2.45) is 0 Å². The molecule has 0 aliphatic rings. The van der Waals surface area contributed by atoms with Crippen LogP contribution in [-0.4, -0.2) is 9.55 Å². The van der Waals surface area contributed by atoms with Crippen LogP contribution in [0.4, 0.5) is 5.95 Å². The molecule has 0 saturated heterocycles. The van der Waals surface area contributed by atoms with Gasteiger partial charge in [-0.2, -0.15) is 5.26 Å². The van der Waals surface area contributed by atoms with Crippen LogP contribution < -0.4 is 5.73 Å². The zero-order valence-electron chi connectivity index (χ0n) is 11.2. The number of fused-ring (bicyclic) bond motifs is 1. The summed E-state index contributed by atoms with van der Waals surface area (Å²) in [5.41, 5.74) is 11.1. The minimum absolute atomic E-state index is 0.416. The Kier molecular flexibility index (Phi) is 2.88. The van der Waals surface area contributed by atoms with Crippen molar-refractivity contribution in [2.45, 2.75) is 13.3 Å². The van der Waals surface area contributed by atoms with Crippen molar-refractivity contribution in [3.63, 3.8) is 0 Å². The Morgan fingerprint density at radius 2 is 1.95 bits per heavy atom. The molecule has 0 spiro atoms. The third kappa shape index (κ3) is 1.90. The molecule has 2 N–H and O–H groups in total. The summed E-state index contributed by atoms with van der Waals surface area (Å²) in [6.07, 6.45) is 0.416. The third-order valence-electron chi connectivity index (χ3n) is 3.38. The molecule has 0 bridgehead atoms. The Bertz CT molecular complexity index is 807. The molecular formula is C16H14N4. The second kappa shape index (κ2) is 4.71. The van der Waals surface area contributed by atoms with E-state index in [4.69, 9.17) is 11.0 Å². The monoisotopic (exact) mass is 262 g/mol. The van der Waals surface area contributed by atoms with Crippen molar-refractivity contribution in [3.05, 3.63) is 53.6 Å². The highest BCUT2D eigenvalue weighted by molar-refractivity contribution is 5.83. The molecule has 98 valence electrons. The minimum Gasteiger partial charge on any atom is -0.369 e. The number of nitriles is 1. The van der Waals surface area contributed by atoms with Crippen LogP contribution in [0.2, 0.25) is 0 Å². The van der Waals surface area contributed by atoms with Gasteiger partial charge in [0, 0.05) is 5.69 Å². The summed E-state index contributed by atoms with van der Waals surface area (Å²) in [7, 11) is 0. The highest BCUT2D eigenvalue weighted by Gasteiger charge is 2.11. The van der Waals surface area contributed by atoms with Gasteiger partial charge in [0.15, 0.2) is 0 Å². The van der Waals surface area contributed by atoms with Gasteiger partial charge in [-0.15, -0.1) is 0 Å². The van der Waals surface area contributed by atoms with Gasteiger partial charge in [0.2, 0.25) is 5.95 Å². The molecule has 0 aliphatic heterocycles. The van der Waals surface area contributed by atoms with E-state index < -0.39 is 0 Å². The first-order chi connectivity index (χ1) is 9.70. The van der Waals surface area contributed by atoms with E-state index in [0.29, 0.717) is 12.4 Å². The molecule has 0 aliphatic carbocycles. The summed E-state index contributed by atoms with van der Waals surface area (Å²) in [6.45, 7) is 2.05. The first-order valence-corrected chi connectivity index (χ1v) is 6.40. The number of nitrogens with two attached hydrogens (primary N) is 1. The van der Waals surface area contributed by atoms with Crippen LogP contribution >= 0.6 is 0 Å². The van der Waals surface area contributed by atoms with E-state index in [2.05, 4.69) is 11.1 Å². The van der Waals surface area contributed by atoms with Crippen molar-refractivity contribution in [3.8, 4) is 11.8 Å². The quantitative estimate of drug-likeness (QED) is 0.772. The maximum absolute atomic E-state index is 8.71. The summed E-state index contributed by atoms with van der Waals surface area (Å²) in [6, 6.07) is 16.0. The van der Waals surface area contributed by atoms with Gasteiger partial charge in [0.05, 0.1) is 23.5 Å². The predicted octanol–water partition coefficient (Wildman–Crippen LogP) is 2.98. The number of nitrogen functional groups attached to an aromatic ring is 1. The van der Waals surface area contributed by atoms with Crippen LogP contribution in [0.3, 0.4) is 0 Å². The maximum Gasteiger partial charge on any atom is 0.205 e. The standard InChI is InChI=1S/C16H14N4/c1-11-3-2-4-14-15(11)20(16(18)19-14)13-7-5-12(6-8-13)9-10-17/h2-8H,9H2,1H3,(H2,18,19). The normalized spacial score (nSPS) is 10.6. The summed E-state index contributed by atoms with van der Waals surface area (Å²) in [4.78, 5) is 4.40. The van der Waals surface area contributed by atoms with Crippen LogP contribution in [0.25, 0.3) is 16.7 Å². The molecule has 3 aromatic rings. The van der Waals surface area contributed by atoms with E-state index in [1.807, 2.05) is 54.0 Å². The van der Waals surface area contributed by atoms with Crippen LogP contribution in [-0.2, 0) is 6.42 Å². The van der Waals surface area contributed by atoms with Crippen molar-refractivity contribution in [1.29, 1.82) is 5.26 Å². The molecule has 4 heteroatoms. The second-order valence-electron chi connectivity index (χ2n) is 4.75. The minimum atomic E-state index is 0.416. The molecule has 1 heterocycles. The molecule has 3 rings (SSSR count). The summed E-state index contributed by atoms with van der Waals surface area (Å²) < 4.78 is 1.95. The molecule has 4 nitrogen and oxygen atoms in total. The second-order valence-corrected chi connectivity index (χ2v) is 4.75. The van der Waals surface area contributed by atoms with E-state index in [1.165, 1.54) is 0 Å². The van der Waals surface area contributed by atoms with Crippen molar-refractivity contribution < 1.29 is 0 Å². The summed E-state index contributed by atoms with van der Waals surface area (Å²) >= 11 is 0. The van der Waals surface area contributed by atoms with Gasteiger partial charge in [0.1, 0.15) is 0 Å². The molecular weight excluding hydrogens is 248 g/mol. The van der Waals surface area contributed by atoms with Crippen molar-refractivity contribution in [1.82, 2.24) is 9.55 Å². The highest BCUT2D eigenvalue weighted by Crippen LogP contribution is 2.25. The Hall–Kier alpha value is -2.80.